The first-order valence-corrected chi connectivity index (χ1v) is 9.56. The highest BCUT2D eigenvalue weighted by molar-refractivity contribution is 5.94. The van der Waals surface area contributed by atoms with Crippen molar-refractivity contribution in [1.29, 1.82) is 0 Å². The Kier molecular flexibility index (Phi) is 5.07. The fourth-order valence-corrected chi connectivity index (χ4v) is 4.43. The lowest BCUT2D eigenvalue weighted by Crippen LogP contribution is -2.52. The molecule has 2 aromatic rings. The molecular weight excluding hydrogens is 346 g/mol. The summed E-state index contributed by atoms with van der Waals surface area (Å²) in [7, 11) is 1.66. The normalized spacial score (nSPS) is 24.3. The number of ether oxygens (including phenoxy) is 1. The highest BCUT2D eigenvalue weighted by atomic mass is 16.5. The van der Waals surface area contributed by atoms with Gasteiger partial charge in [-0.05, 0) is 44.2 Å². The minimum absolute atomic E-state index is 0.0881. The number of nitrogens with one attached hydrogen (secondary N) is 1. The maximum atomic E-state index is 12.6. The summed E-state index contributed by atoms with van der Waals surface area (Å²) in [5, 5.41) is 10.9. The first kappa shape index (κ1) is 17.9. The first-order chi connectivity index (χ1) is 13.2. The molecule has 4 rings (SSSR count). The molecule has 2 unspecified atom stereocenters. The van der Waals surface area contributed by atoms with E-state index in [1.807, 2.05) is 0 Å². The molecule has 0 radical (unpaired) electrons. The van der Waals surface area contributed by atoms with Gasteiger partial charge < -0.3 is 15.0 Å². The Morgan fingerprint density at radius 3 is 2.78 bits per heavy atom. The van der Waals surface area contributed by atoms with Gasteiger partial charge in [0.15, 0.2) is 5.65 Å². The van der Waals surface area contributed by atoms with Crippen LogP contribution in [0.2, 0.25) is 0 Å². The Morgan fingerprint density at radius 2 is 2.04 bits per heavy atom. The van der Waals surface area contributed by atoms with E-state index in [0.29, 0.717) is 24.2 Å². The van der Waals surface area contributed by atoms with Crippen LogP contribution in [0.15, 0.2) is 24.7 Å². The van der Waals surface area contributed by atoms with Crippen LogP contribution in [0.25, 0.3) is 5.65 Å². The van der Waals surface area contributed by atoms with Crippen molar-refractivity contribution in [1.82, 2.24) is 24.8 Å². The highest BCUT2D eigenvalue weighted by Gasteiger charge is 2.43. The van der Waals surface area contributed by atoms with Gasteiger partial charge in [0.2, 0.25) is 5.91 Å². The summed E-state index contributed by atoms with van der Waals surface area (Å²) in [5.74, 6) is 0.136. The molecule has 2 aliphatic heterocycles. The van der Waals surface area contributed by atoms with Gasteiger partial charge in [0.25, 0.3) is 5.91 Å². The van der Waals surface area contributed by atoms with E-state index in [0.717, 1.165) is 32.1 Å². The predicted molar refractivity (Wildman–Crippen MR) is 98.2 cm³/mol. The van der Waals surface area contributed by atoms with Crippen LogP contribution in [0.4, 0.5) is 0 Å². The molecule has 2 bridgehead atoms. The number of carbonyl (C=O) groups is 2. The SMILES string of the molecule is COCCCC(=O)N1C2CCC1CC(NC(=O)c1ccc3nncn3c1)C2. The van der Waals surface area contributed by atoms with Gasteiger partial charge >= 0.3 is 0 Å². The summed E-state index contributed by atoms with van der Waals surface area (Å²) in [6.07, 6.45) is 8.33. The smallest absolute Gasteiger partial charge is 0.253 e. The van der Waals surface area contributed by atoms with Crippen molar-refractivity contribution in [2.45, 2.75) is 56.7 Å². The number of hydrogen-bond donors (Lipinski definition) is 1. The van der Waals surface area contributed by atoms with E-state index in [1.165, 1.54) is 0 Å². The van der Waals surface area contributed by atoms with Gasteiger partial charge in [-0.25, -0.2) is 0 Å². The second-order valence-corrected chi connectivity index (χ2v) is 7.44. The Labute approximate surface area is 157 Å². The average molecular weight is 371 g/mol. The molecule has 8 heteroatoms. The Hall–Kier alpha value is -2.48. The summed E-state index contributed by atoms with van der Waals surface area (Å²) >= 11 is 0. The number of nitrogens with zero attached hydrogens (tertiary/aromatic N) is 4. The van der Waals surface area contributed by atoms with E-state index >= 15 is 0 Å². The van der Waals surface area contributed by atoms with Crippen molar-refractivity contribution in [2.24, 2.45) is 0 Å². The molecule has 2 atom stereocenters. The molecule has 0 aliphatic carbocycles. The highest BCUT2D eigenvalue weighted by Crippen LogP contribution is 2.36. The average Bonchev–Trinajstić information content (AvgIpc) is 3.23. The van der Waals surface area contributed by atoms with E-state index < -0.39 is 0 Å². The van der Waals surface area contributed by atoms with Crippen LogP contribution in [-0.2, 0) is 9.53 Å². The second kappa shape index (κ2) is 7.64. The van der Waals surface area contributed by atoms with Crippen molar-refractivity contribution in [3.05, 3.63) is 30.2 Å². The number of carbonyl (C=O) groups excluding carboxylic acids is 2. The van der Waals surface area contributed by atoms with Crippen LogP contribution in [0, 0.1) is 0 Å². The van der Waals surface area contributed by atoms with E-state index in [-0.39, 0.29) is 29.9 Å². The predicted octanol–water partition coefficient (Wildman–Crippen LogP) is 1.41. The van der Waals surface area contributed by atoms with Gasteiger partial charge in [0, 0.05) is 44.5 Å². The maximum absolute atomic E-state index is 12.6. The van der Waals surface area contributed by atoms with Gasteiger partial charge in [-0.15, -0.1) is 10.2 Å². The number of piperidine rings is 1. The zero-order chi connectivity index (χ0) is 18.8. The van der Waals surface area contributed by atoms with Gasteiger partial charge in [-0.2, -0.15) is 0 Å². The summed E-state index contributed by atoms with van der Waals surface area (Å²) < 4.78 is 6.78. The lowest BCUT2D eigenvalue weighted by Gasteiger charge is -2.39. The third-order valence-corrected chi connectivity index (χ3v) is 5.65. The van der Waals surface area contributed by atoms with Crippen molar-refractivity contribution in [3.63, 3.8) is 0 Å². The number of methoxy groups -OCH3 is 1. The maximum Gasteiger partial charge on any atom is 0.253 e. The number of aromatic nitrogens is 3. The van der Waals surface area contributed by atoms with Crippen LogP contribution in [0.5, 0.6) is 0 Å². The third kappa shape index (κ3) is 3.66. The topological polar surface area (TPSA) is 88.8 Å². The number of hydrogen-bond acceptors (Lipinski definition) is 5. The molecular formula is C19H25N5O3. The van der Waals surface area contributed by atoms with Crippen molar-refractivity contribution in [2.75, 3.05) is 13.7 Å². The molecule has 2 saturated heterocycles. The zero-order valence-corrected chi connectivity index (χ0v) is 15.5. The number of pyridine rings is 1. The molecule has 27 heavy (non-hydrogen) atoms. The summed E-state index contributed by atoms with van der Waals surface area (Å²) in [4.78, 5) is 27.3. The molecule has 2 aliphatic rings. The van der Waals surface area contributed by atoms with Crippen LogP contribution >= 0.6 is 0 Å². The monoisotopic (exact) mass is 371 g/mol. The van der Waals surface area contributed by atoms with E-state index in [1.54, 1.807) is 36.2 Å². The van der Waals surface area contributed by atoms with Crippen molar-refractivity contribution >= 4 is 17.5 Å². The molecule has 4 heterocycles. The van der Waals surface area contributed by atoms with Crippen LogP contribution in [-0.4, -0.2) is 63.2 Å². The van der Waals surface area contributed by atoms with E-state index in [2.05, 4.69) is 20.4 Å². The molecule has 0 aromatic carbocycles. The fourth-order valence-electron chi connectivity index (χ4n) is 4.43. The Morgan fingerprint density at radius 1 is 1.26 bits per heavy atom. The standard InChI is InChI=1S/C19H25N5O3/c1-27-8-2-3-18(25)24-15-5-6-16(24)10-14(9-15)21-19(26)13-4-7-17-22-20-12-23(17)11-13/h4,7,11-12,14-16H,2-3,5-6,8-10H2,1H3,(H,21,26). The Balaban J connectivity index is 1.36. The van der Waals surface area contributed by atoms with Crippen LogP contribution in [0.1, 0.15) is 48.9 Å². The molecule has 0 spiro atoms. The summed E-state index contributed by atoms with van der Waals surface area (Å²) in [5.41, 5.74) is 1.30. The first-order valence-electron chi connectivity index (χ1n) is 9.56. The van der Waals surface area contributed by atoms with Gasteiger partial charge in [0.1, 0.15) is 6.33 Å². The second-order valence-electron chi connectivity index (χ2n) is 7.44. The minimum atomic E-state index is -0.0881. The van der Waals surface area contributed by atoms with Crippen molar-refractivity contribution in [3.8, 4) is 0 Å². The molecule has 8 nitrogen and oxygen atoms in total. The molecule has 2 amide bonds. The largest absolute Gasteiger partial charge is 0.385 e. The number of amides is 2. The van der Waals surface area contributed by atoms with Crippen LogP contribution in [0.3, 0.4) is 0 Å². The molecule has 2 fully saturated rings. The Bertz CT molecular complexity index is 822. The molecule has 2 aromatic heterocycles. The van der Waals surface area contributed by atoms with Gasteiger partial charge in [0.05, 0.1) is 5.56 Å². The number of fused-ring (bicyclic) bond motifs is 3. The lowest BCUT2D eigenvalue weighted by molar-refractivity contribution is -0.136. The van der Waals surface area contributed by atoms with Crippen molar-refractivity contribution < 1.29 is 14.3 Å². The molecule has 1 N–H and O–H groups in total. The lowest BCUT2D eigenvalue weighted by atomic mass is 9.96. The number of rotatable bonds is 6. The third-order valence-electron chi connectivity index (χ3n) is 5.65. The zero-order valence-electron chi connectivity index (χ0n) is 15.5. The fraction of sp³-hybridized carbons (Fsp3) is 0.579. The van der Waals surface area contributed by atoms with Crippen LogP contribution < -0.4 is 5.32 Å². The summed E-state index contributed by atoms with van der Waals surface area (Å²) in [6.45, 7) is 0.615. The molecule has 0 saturated carbocycles. The van der Waals surface area contributed by atoms with E-state index in [9.17, 15) is 9.59 Å². The van der Waals surface area contributed by atoms with Gasteiger partial charge in [-0.1, -0.05) is 0 Å². The van der Waals surface area contributed by atoms with E-state index in [4.69, 9.17) is 4.74 Å². The molecule has 144 valence electrons. The van der Waals surface area contributed by atoms with Gasteiger partial charge in [-0.3, -0.25) is 14.0 Å². The quantitative estimate of drug-likeness (QED) is 0.776. The minimum Gasteiger partial charge on any atom is -0.385 e. The summed E-state index contributed by atoms with van der Waals surface area (Å²) in [6, 6.07) is 4.14.